The van der Waals surface area contributed by atoms with Crippen molar-refractivity contribution in [1.82, 2.24) is 9.97 Å². The van der Waals surface area contributed by atoms with Crippen LogP contribution in [-0.2, 0) is 6.42 Å². The second kappa shape index (κ2) is 6.00. The fourth-order valence-corrected chi connectivity index (χ4v) is 4.91. The molecular formula is C19H16N2OS2. The van der Waals surface area contributed by atoms with Crippen molar-refractivity contribution in [2.24, 2.45) is 0 Å². The van der Waals surface area contributed by atoms with E-state index >= 15 is 0 Å². The van der Waals surface area contributed by atoms with E-state index in [0.29, 0.717) is 5.82 Å². The maximum absolute atomic E-state index is 12.8. The number of aromatic nitrogens is 2. The molecule has 0 radical (unpaired) electrons. The number of fused-ring (bicyclic) bond motifs is 1. The van der Waals surface area contributed by atoms with Gasteiger partial charge in [0.05, 0.1) is 5.39 Å². The molecule has 0 bridgehead atoms. The van der Waals surface area contributed by atoms with Crippen LogP contribution in [0.15, 0.2) is 46.6 Å². The molecule has 0 saturated heterocycles. The van der Waals surface area contributed by atoms with Crippen molar-refractivity contribution in [3.8, 4) is 21.8 Å². The lowest BCUT2D eigenvalue weighted by Gasteiger charge is -2.03. The van der Waals surface area contributed by atoms with Crippen LogP contribution >= 0.6 is 22.7 Å². The average molecular weight is 352 g/mol. The van der Waals surface area contributed by atoms with E-state index in [1.54, 1.807) is 22.7 Å². The monoisotopic (exact) mass is 352 g/mol. The van der Waals surface area contributed by atoms with Gasteiger partial charge in [0.15, 0.2) is 0 Å². The highest BCUT2D eigenvalue weighted by molar-refractivity contribution is 7.20. The predicted molar refractivity (Wildman–Crippen MR) is 103 cm³/mol. The molecule has 5 heteroatoms. The van der Waals surface area contributed by atoms with Crippen LogP contribution < -0.4 is 5.56 Å². The molecular weight excluding hydrogens is 336 g/mol. The fraction of sp³-hybridized carbons (Fsp3) is 0.158. The number of hydrogen-bond donors (Lipinski definition) is 1. The van der Waals surface area contributed by atoms with Crippen molar-refractivity contribution in [2.75, 3.05) is 0 Å². The Morgan fingerprint density at radius 2 is 2.08 bits per heavy atom. The molecule has 4 rings (SSSR count). The lowest BCUT2D eigenvalue weighted by molar-refractivity contribution is 1.18. The van der Waals surface area contributed by atoms with Gasteiger partial charge in [0.1, 0.15) is 10.7 Å². The Morgan fingerprint density at radius 1 is 1.21 bits per heavy atom. The summed E-state index contributed by atoms with van der Waals surface area (Å²) in [4.78, 5) is 23.7. The first kappa shape index (κ1) is 15.3. The third-order valence-corrected chi connectivity index (χ3v) is 6.13. The van der Waals surface area contributed by atoms with E-state index in [2.05, 4.69) is 18.0 Å². The molecule has 3 aromatic heterocycles. The minimum Gasteiger partial charge on any atom is -0.306 e. The van der Waals surface area contributed by atoms with Gasteiger partial charge in [0, 0.05) is 20.9 Å². The van der Waals surface area contributed by atoms with E-state index < -0.39 is 0 Å². The molecule has 0 amide bonds. The first-order valence-corrected chi connectivity index (χ1v) is 9.53. The van der Waals surface area contributed by atoms with E-state index in [0.717, 1.165) is 38.2 Å². The predicted octanol–water partition coefficient (Wildman–Crippen LogP) is 5.25. The minimum absolute atomic E-state index is 0.0594. The van der Waals surface area contributed by atoms with Crippen LogP contribution in [0.5, 0.6) is 0 Å². The molecule has 3 nitrogen and oxygen atoms in total. The van der Waals surface area contributed by atoms with Crippen LogP contribution in [-0.4, -0.2) is 9.97 Å². The topological polar surface area (TPSA) is 45.8 Å². The van der Waals surface area contributed by atoms with Crippen molar-refractivity contribution in [3.63, 3.8) is 0 Å². The van der Waals surface area contributed by atoms with Gasteiger partial charge in [-0.1, -0.05) is 36.8 Å². The largest absolute Gasteiger partial charge is 0.306 e. The maximum Gasteiger partial charge on any atom is 0.260 e. The SMILES string of the molecule is CCc1sc2nc(-c3cccc(C)c3)[nH]c(=O)c2c1-c1cccs1. The van der Waals surface area contributed by atoms with Crippen molar-refractivity contribution in [1.29, 1.82) is 0 Å². The van der Waals surface area contributed by atoms with Crippen LogP contribution in [0.1, 0.15) is 17.4 Å². The van der Waals surface area contributed by atoms with Gasteiger partial charge < -0.3 is 4.98 Å². The third-order valence-electron chi connectivity index (χ3n) is 4.02. The summed E-state index contributed by atoms with van der Waals surface area (Å²) >= 11 is 3.29. The smallest absolute Gasteiger partial charge is 0.260 e. The summed E-state index contributed by atoms with van der Waals surface area (Å²) in [7, 11) is 0. The number of aromatic amines is 1. The number of rotatable bonds is 3. The highest BCUT2D eigenvalue weighted by atomic mass is 32.1. The zero-order chi connectivity index (χ0) is 16.7. The normalized spacial score (nSPS) is 11.2. The van der Waals surface area contributed by atoms with Crippen molar-refractivity contribution < 1.29 is 0 Å². The molecule has 0 aliphatic heterocycles. The second-order valence-corrected chi connectivity index (χ2v) is 7.73. The van der Waals surface area contributed by atoms with E-state index in [-0.39, 0.29) is 5.56 Å². The van der Waals surface area contributed by atoms with Crippen LogP contribution in [0, 0.1) is 6.92 Å². The van der Waals surface area contributed by atoms with Crippen LogP contribution in [0.2, 0.25) is 0 Å². The van der Waals surface area contributed by atoms with Crippen molar-refractivity contribution >= 4 is 32.9 Å². The Morgan fingerprint density at radius 3 is 2.79 bits per heavy atom. The molecule has 4 aromatic rings. The first-order chi connectivity index (χ1) is 11.7. The number of hydrogen-bond acceptors (Lipinski definition) is 4. The van der Waals surface area contributed by atoms with Crippen molar-refractivity contribution in [3.05, 3.63) is 62.6 Å². The molecule has 0 aliphatic rings. The molecule has 3 heterocycles. The Kier molecular flexibility index (Phi) is 3.82. The van der Waals surface area contributed by atoms with Gasteiger partial charge in [0.25, 0.3) is 5.56 Å². The molecule has 1 N–H and O–H groups in total. The summed E-state index contributed by atoms with van der Waals surface area (Å²) in [6.45, 7) is 4.16. The van der Waals surface area contributed by atoms with Gasteiger partial charge in [-0.25, -0.2) is 4.98 Å². The number of benzene rings is 1. The zero-order valence-electron chi connectivity index (χ0n) is 13.4. The Labute approximate surface area is 147 Å². The molecule has 0 saturated carbocycles. The molecule has 24 heavy (non-hydrogen) atoms. The summed E-state index contributed by atoms with van der Waals surface area (Å²) in [5.41, 5.74) is 3.08. The average Bonchev–Trinajstić information content (AvgIpc) is 3.21. The number of H-pyrrole nitrogens is 1. The lowest BCUT2D eigenvalue weighted by atomic mass is 10.1. The molecule has 120 valence electrons. The van der Waals surface area contributed by atoms with Gasteiger partial charge in [-0.05, 0) is 30.9 Å². The molecule has 0 fully saturated rings. The molecule has 0 spiro atoms. The van der Waals surface area contributed by atoms with E-state index in [1.807, 2.05) is 42.6 Å². The molecule has 0 unspecified atom stereocenters. The van der Waals surface area contributed by atoms with E-state index in [1.165, 1.54) is 4.88 Å². The van der Waals surface area contributed by atoms with Gasteiger partial charge >= 0.3 is 0 Å². The summed E-state index contributed by atoms with van der Waals surface area (Å²) in [5.74, 6) is 0.637. The quantitative estimate of drug-likeness (QED) is 0.547. The fourth-order valence-electron chi connectivity index (χ4n) is 2.91. The minimum atomic E-state index is -0.0594. The first-order valence-electron chi connectivity index (χ1n) is 7.84. The molecule has 1 aromatic carbocycles. The highest BCUT2D eigenvalue weighted by Crippen LogP contribution is 2.39. The van der Waals surface area contributed by atoms with Gasteiger partial charge in [-0.3, -0.25) is 4.79 Å². The number of aryl methyl sites for hydroxylation is 2. The molecule has 0 atom stereocenters. The van der Waals surface area contributed by atoms with Gasteiger partial charge in [-0.15, -0.1) is 22.7 Å². The summed E-state index contributed by atoms with van der Waals surface area (Å²) in [5, 5.41) is 2.76. The third kappa shape index (κ3) is 2.50. The van der Waals surface area contributed by atoms with Gasteiger partial charge in [0.2, 0.25) is 0 Å². The van der Waals surface area contributed by atoms with Crippen LogP contribution in [0.4, 0.5) is 0 Å². The Hall–Kier alpha value is -2.24. The van der Waals surface area contributed by atoms with Crippen LogP contribution in [0.3, 0.4) is 0 Å². The Bertz CT molecular complexity index is 1070. The lowest BCUT2D eigenvalue weighted by Crippen LogP contribution is -2.09. The highest BCUT2D eigenvalue weighted by Gasteiger charge is 2.18. The number of nitrogens with one attached hydrogen (secondary N) is 1. The summed E-state index contributed by atoms with van der Waals surface area (Å²) in [6.07, 6.45) is 0.896. The zero-order valence-corrected chi connectivity index (χ0v) is 15.1. The van der Waals surface area contributed by atoms with E-state index in [9.17, 15) is 4.79 Å². The Balaban J connectivity index is 2.00. The summed E-state index contributed by atoms with van der Waals surface area (Å²) < 4.78 is 0. The van der Waals surface area contributed by atoms with Crippen LogP contribution in [0.25, 0.3) is 32.0 Å². The van der Waals surface area contributed by atoms with E-state index in [4.69, 9.17) is 4.98 Å². The second-order valence-electron chi connectivity index (χ2n) is 5.70. The standard InChI is InChI=1S/C19H16N2OS2/c1-3-13-15(14-8-5-9-23-14)16-18(22)20-17(21-19(16)24-13)12-7-4-6-11(2)10-12/h4-10H,3H2,1-2H3,(H,20,21,22). The maximum atomic E-state index is 12.8. The number of thiophene rings is 2. The molecule has 0 aliphatic carbocycles. The number of nitrogens with zero attached hydrogens (tertiary/aromatic N) is 1. The van der Waals surface area contributed by atoms with Gasteiger partial charge in [-0.2, -0.15) is 0 Å². The van der Waals surface area contributed by atoms with Crippen molar-refractivity contribution in [2.45, 2.75) is 20.3 Å². The summed E-state index contributed by atoms with van der Waals surface area (Å²) in [6, 6.07) is 12.1.